The van der Waals surface area contributed by atoms with Gasteiger partial charge in [-0.1, -0.05) is 0 Å². The molecule has 0 bridgehead atoms. The van der Waals surface area contributed by atoms with Crippen molar-refractivity contribution in [3.63, 3.8) is 0 Å². The highest BCUT2D eigenvalue weighted by atomic mass is 16.5. The highest BCUT2D eigenvalue weighted by molar-refractivity contribution is 5.88. The molecule has 0 amide bonds. The van der Waals surface area contributed by atoms with Gasteiger partial charge in [-0.15, -0.1) is 0 Å². The maximum absolute atomic E-state index is 12.5. The summed E-state index contributed by atoms with van der Waals surface area (Å²) in [6.07, 6.45) is 0. The molecule has 0 atom stereocenters. The predicted molar refractivity (Wildman–Crippen MR) is 86.0 cm³/mol. The normalized spacial score (nSPS) is 10.8. The Bertz CT molecular complexity index is 988. The Morgan fingerprint density at radius 3 is 2.33 bits per heavy atom. The molecule has 24 heavy (non-hydrogen) atoms. The van der Waals surface area contributed by atoms with Crippen LogP contribution in [0.5, 0.6) is 28.7 Å². The zero-order chi connectivity index (χ0) is 17.4. The Morgan fingerprint density at radius 1 is 0.958 bits per heavy atom. The molecule has 0 aliphatic carbocycles. The number of hydrogen-bond acceptors (Lipinski definition) is 7. The Balaban J connectivity index is 2.36. The predicted octanol–water partition coefficient (Wildman–Crippen LogP) is 2.59. The highest BCUT2D eigenvalue weighted by Crippen LogP contribution is 2.38. The molecule has 0 saturated heterocycles. The number of fused-ring (bicyclic) bond motifs is 1. The molecule has 3 rings (SSSR count). The van der Waals surface area contributed by atoms with E-state index in [0.717, 1.165) is 0 Å². The zero-order valence-electron chi connectivity index (χ0n) is 12.9. The van der Waals surface area contributed by atoms with Gasteiger partial charge in [-0.05, 0) is 18.2 Å². The van der Waals surface area contributed by atoms with Crippen molar-refractivity contribution in [1.29, 1.82) is 0 Å². The van der Waals surface area contributed by atoms with E-state index in [2.05, 4.69) is 0 Å². The van der Waals surface area contributed by atoms with E-state index in [1.807, 2.05) is 0 Å². The van der Waals surface area contributed by atoms with Crippen molar-refractivity contribution in [2.24, 2.45) is 0 Å². The van der Waals surface area contributed by atoms with Crippen LogP contribution in [0.25, 0.3) is 22.3 Å². The quantitative estimate of drug-likeness (QED) is 0.633. The fraction of sp³-hybridized carbons (Fsp3) is 0.118. The first-order valence-corrected chi connectivity index (χ1v) is 6.90. The lowest BCUT2D eigenvalue weighted by Gasteiger charge is -2.11. The Kier molecular flexibility index (Phi) is 3.69. The molecule has 1 heterocycles. The molecule has 7 heteroatoms. The van der Waals surface area contributed by atoms with Crippen LogP contribution in [-0.4, -0.2) is 29.5 Å². The summed E-state index contributed by atoms with van der Waals surface area (Å²) in [6, 6.07) is 6.79. The van der Waals surface area contributed by atoms with Crippen LogP contribution in [0.2, 0.25) is 0 Å². The molecule has 0 aliphatic heterocycles. The van der Waals surface area contributed by atoms with E-state index in [1.54, 1.807) is 0 Å². The number of rotatable bonds is 3. The van der Waals surface area contributed by atoms with Crippen LogP contribution in [0.15, 0.2) is 39.5 Å². The first kappa shape index (κ1) is 15.5. The van der Waals surface area contributed by atoms with Gasteiger partial charge in [0.25, 0.3) is 0 Å². The van der Waals surface area contributed by atoms with E-state index in [-0.39, 0.29) is 33.8 Å². The lowest BCUT2D eigenvalue weighted by Crippen LogP contribution is -2.05. The van der Waals surface area contributed by atoms with Gasteiger partial charge in [-0.3, -0.25) is 4.79 Å². The second-order valence-corrected chi connectivity index (χ2v) is 5.02. The summed E-state index contributed by atoms with van der Waals surface area (Å²) in [5.41, 5.74) is -0.307. The lowest BCUT2D eigenvalue weighted by atomic mass is 10.1. The average Bonchev–Trinajstić information content (AvgIpc) is 2.59. The maximum atomic E-state index is 12.5. The lowest BCUT2D eigenvalue weighted by molar-refractivity contribution is 0.394. The van der Waals surface area contributed by atoms with E-state index in [0.29, 0.717) is 5.75 Å². The number of methoxy groups -OCH3 is 2. The minimum atomic E-state index is -0.682. The van der Waals surface area contributed by atoms with Crippen LogP contribution < -0.4 is 14.9 Å². The summed E-state index contributed by atoms with van der Waals surface area (Å²) in [5.74, 6) is -0.891. The van der Waals surface area contributed by atoms with E-state index in [9.17, 15) is 20.1 Å². The van der Waals surface area contributed by atoms with Crippen molar-refractivity contribution in [1.82, 2.24) is 0 Å². The molecule has 3 N–H and O–H groups in total. The van der Waals surface area contributed by atoms with Gasteiger partial charge in [-0.2, -0.15) is 0 Å². The summed E-state index contributed by atoms with van der Waals surface area (Å²) in [7, 11) is 2.84. The van der Waals surface area contributed by atoms with E-state index in [1.165, 1.54) is 44.6 Å². The first-order chi connectivity index (χ1) is 11.5. The standard InChI is InChI=1S/C17H14O7/c1-22-9-6-12(23-2)14-13(7-9)24-17(16(21)15(14)20)8-3-4-10(18)11(19)5-8/h3-7,18-19,21H,1-2H3. The number of hydrogen-bond donors (Lipinski definition) is 3. The monoisotopic (exact) mass is 330 g/mol. The number of phenols is 2. The second kappa shape index (κ2) is 5.69. The summed E-state index contributed by atoms with van der Waals surface area (Å²) < 4.78 is 15.9. The van der Waals surface area contributed by atoms with Gasteiger partial charge in [0.2, 0.25) is 11.2 Å². The summed E-state index contributed by atoms with van der Waals surface area (Å²) >= 11 is 0. The van der Waals surface area contributed by atoms with Gasteiger partial charge in [-0.25, -0.2) is 0 Å². The van der Waals surface area contributed by atoms with Crippen LogP contribution in [0, 0.1) is 0 Å². The molecule has 1 aromatic heterocycles. The van der Waals surface area contributed by atoms with Gasteiger partial charge >= 0.3 is 0 Å². The number of aromatic hydroxyl groups is 3. The molecule has 124 valence electrons. The topological polar surface area (TPSA) is 109 Å². The van der Waals surface area contributed by atoms with E-state index in [4.69, 9.17) is 13.9 Å². The third-order valence-corrected chi connectivity index (χ3v) is 3.60. The number of ether oxygens (including phenoxy) is 2. The molecule has 0 saturated carbocycles. The third kappa shape index (κ3) is 2.36. The molecule has 0 fully saturated rings. The van der Waals surface area contributed by atoms with Crippen molar-refractivity contribution in [2.75, 3.05) is 14.2 Å². The molecule has 0 radical (unpaired) electrons. The fourth-order valence-electron chi connectivity index (χ4n) is 2.39. The molecular weight excluding hydrogens is 316 g/mol. The minimum Gasteiger partial charge on any atom is -0.504 e. The van der Waals surface area contributed by atoms with Crippen LogP contribution in [0.4, 0.5) is 0 Å². The largest absolute Gasteiger partial charge is 0.504 e. The van der Waals surface area contributed by atoms with Gasteiger partial charge in [0, 0.05) is 17.7 Å². The Morgan fingerprint density at radius 2 is 1.71 bits per heavy atom. The van der Waals surface area contributed by atoms with Crippen molar-refractivity contribution in [3.8, 4) is 40.1 Å². The molecule has 7 nitrogen and oxygen atoms in total. The first-order valence-electron chi connectivity index (χ1n) is 6.90. The van der Waals surface area contributed by atoms with E-state index < -0.39 is 16.9 Å². The van der Waals surface area contributed by atoms with Crippen LogP contribution in [0.1, 0.15) is 0 Å². The van der Waals surface area contributed by atoms with Crippen molar-refractivity contribution < 1.29 is 29.2 Å². The van der Waals surface area contributed by atoms with Gasteiger partial charge in [0.15, 0.2) is 17.3 Å². The van der Waals surface area contributed by atoms with Crippen molar-refractivity contribution >= 4 is 11.0 Å². The van der Waals surface area contributed by atoms with Crippen LogP contribution >= 0.6 is 0 Å². The van der Waals surface area contributed by atoms with Crippen molar-refractivity contribution in [3.05, 3.63) is 40.6 Å². The average molecular weight is 330 g/mol. The molecule has 0 aliphatic rings. The molecule has 2 aromatic carbocycles. The summed E-state index contributed by atoms with van der Waals surface area (Å²) in [6.45, 7) is 0. The highest BCUT2D eigenvalue weighted by Gasteiger charge is 2.20. The smallest absolute Gasteiger partial charge is 0.238 e. The van der Waals surface area contributed by atoms with Crippen LogP contribution in [0.3, 0.4) is 0 Å². The number of benzene rings is 2. The molecule has 0 unspecified atom stereocenters. The fourth-order valence-corrected chi connectivity index (χ4v) is 2.39. The molecule has 3 aromatic rings. The van der Waals surface area contributed by atoms with Crippen LogP contribution in [-0.2, 0) is 0 Å². The number of phenolic OH excluding ortho intramolecular Hbond substituents is 2. The minimum absolute atomic E-state index is 0.0718. The van der Waals surface area contributed by atoms with Gasteiger partial charge < -0.3 is 29.2 Å². The third-order valence-electron chi connectivity index (χ3n) is 3.60. The Hall–Kier alpha value is -3.35. The molecule has 0 spiro atoms. The zero-order valence-corrected chi connectivity index (χ0v) is 12.9. The van der Waals surface area contributed by atoms with Gasteiger partial charge in [0.1, 0.15) is 22.5 Å². The maximum Gasteiger partial charge on any atom is 0.238 e. The molecular formula is C17H14O7. The SMILES string of the molecule is COc1cc(OC)c2c(=O)c(O)c(-c3ccc(O)c(O)c3)oc2c1. The van der Waals surface area contributed by atoms with Crippen molar-refractivity contribution in [2.45, 2.75) is 0 Å². The summed E-state index contributed by atoms with van der Waals surface area (Å²) in [5, 5.41) is 29.3. The van der Waals surface area contributed by atoms with E-state index >= 15 is 0 Å². The van der Waals surface area contributed by atoms with Gasteiger partial charge in [0.05, 0.1) is 14.2 Å². The summed E-state index contributed by atoms with van der Waals surface area (Å²) in [4.78, 5) is 12.5. The Labute approximate surface area is 135 Å². The second-order valence-electron chi connectivity index (χ2n) is 5.02.